The summed E-state index contributed by atoms with van der Waals surface area (Å²) < 4.78 is 0. The van der Waals surface area contributed by atoms with Crippen LogP contribution in [-0.4, -0.2) is 6.04 Å². The Kier molecular flexibility index (Phi) is 4.28. The van der Waals surface area contributed by atoms with E-state index in [0.29, 0.717) is 10.9 Å². The van der Waals surface area contributed by atoms with Gasteiger partial charge in [-0.05, 0) is 37.0 Å². The Morgan fingerprint density at radius 2 is 2.06 bits per heavy atom. The average Bonchev–Trinajstić information content (AvgIpc) is 2.37. The van der Waals surface area contributed by atoms with Gasteiger partial charge in [0.15, 0.2) is 0 Å². The molecule has 1 saturated carbocycles. The third-order valence-electron chi connectivity index (χ3n) is 3.41. The Morgan fingerprint density at radius 3 is 2.71 bits per heavy atom. The molecule has 0 amide bonds. The maximum Gasteiger partial charge on any atom is 0.117 e. The molecule has 0 heterocycles. The van der Waals surface area contributed by atoms with Crippen molar-refractivity contribution in [3.05, 3.63) is 29.3 Å². The van der Waals surface area contributed by atoms with Crippen LogP contribution in [0.3, 0.4) is 0 Å². The summed E-state index contributed by atoms with van der Waals surface area (Å²) in [6.07, 6.45) is 6.13. The second-order valence-electron chi connectivity index (χ2n) is 4.66. The third kappa shape index (κ3) is 3.38. The van der Waals surface area contributed by atoms with E-state index < -0.39 is 0 Å². The molecule has 1 aliphatic carbocycles. The number of hydrogen-bond acceptors (Lipinski definition) is 2. The van der Waals surface area contributed by atoms with E-state index in [0.717, 1.165) is 18.5 Å². The molecular weight excluding hydrogens is 232 g/mol. The number of anilines is 1. The topological polar surface area (TPSA) is 35.8 Å². The summed E-state index contributed by atoms with van der Waals surface area (Å²) in [5, 5.41) is 13.3. The summed E-state index contributed by atoms with van der Waals surface area (Å²) in [7, 11) is 0. The average molecular weight is 249 g/mol. The van der Waals surface area contributed by atoms with Crippen molar-refractivity contribution in [1.29, 1.82) is 5.26 Å². The van der Waals surface area contributed by atoms with Crippen LogP contribution in [0.1, 0.15) is 32.1 Å². The number of nitrogens with zero attached hydrogens (tertiary/aromatic N) is 1. The molecule has 0 aliphatic heterocycles. The fourth-order valence-electron chi connectivity index (χ4n) is 2.48. The van der Waals surface area contributed by atoms with Gasteiger partial charge in [0, 0.05) is 10.7 Å². The highest BCUT2D eigenvalue weighted by Gasteiger charge is 2.23. The first-order valence-electron chi connectivity index (χ1n) is 6.21. The molecular formula is C14H17ClN2. The van der Waals surface area contributed by atoms with Gasteiger partial charge in [0.05, 0.1) is 6.07 Å². The molecule has 2 rings (SSSR count). The van der Waals surface area contributed by atoms with Gasteiger partial charge in [-0.1, -0.05) is 36.9 Å². The van der Waals surface area contributed by atoms with Crippen LogP contribution < -0.4 is 5.32 Å². The Morgan fingerprint density at radius 1 is 1.29 bits per heavy atom. The van der Waals surface area contributed by atoms with Crippen LogP contribution in [0.15, 0.2) is 24.3 Å². The molecule has 3 heteroatoms. The monoisotopic (exact) mass is 248 g/mol. The third-order valence-corrected chi connectivity index (χ3v) is 3.64. The summed E-state index contributed by atoms with van der Waals surface area (Å²) in [5.41, 5.74) is 0.939. The normalized spacial score (nSPS) is 18.4. The van der Waals surface area contributed by atoms with E-state index in [1.54, 1.807) is 0 Å². The zero-order valence-corrected chi connectivity index (χ0v) is 10.6. The smallest absolute Gasteiger partial charge is 0.117 e. The molecule has 1 aromatic rings. The lowest BCUT2D eigenvalue weighted by atomic mass is 9.84. The van der Waals surface area contributed by atoms with E-state index in [1.807, 2.05) is 24.3 Å². The fourth-order valence-corrected chi connectivity index (χ4v) is 2.67. The zero-order valence-electron chi connectivity index (χ0n) is 9.82. The van der Waals surface area contributed by atoms with Gasteiger partial charge in [-0.25, -0.2) is 0 Å². The van der Waals surface area contributed by atoms with Crippen molar-refractivity contribution < 1.29 is 0 Å². The summed E-state index contributed by atoms with van der Waals surface area (Å²) in [5.74, 6) is 0.479. The van der Waals surface area contributed by atoms with Crippen LogP contribution in [0.5, 0.6) is 0 Å². The number of halogens is 1. The molecule has 17 heavy (non-hydrogen) atoms. The first-order valence-corrected chi connectivity index (χ1v) is 6.59. The van der Waals surface area contributed by atoms with Crippen LogP contribution >= 0.6 is 11.6 Å². The lowest BCUT2D eigenvalue weighted by Gasteiger charge is -2.27. The molecule has 0 radical (unpaired) electrons. The minimum atomic E-state index is -0.0891. The fraction of sp³-hybridized carbons (Fsp3) is 0.500. The van der Waals surface area contributed by atoms with E-state index in [2.05, 4.69) is 11.4 Å². The van der Waals surface area contributed by atoms with Gasteiger partial charge in [0.1, 0.15) is 6.04 Å². The Balaban J connectivity index is 2.02. The molecule has 0 saturated heterocycles. The van der Waals surface area contributed by atoms with Crippen molar-refractivity contribution in [3.8, 4) is 6.07 Å². The number of benzene rings is 1. The van der Waals surface area contributed by atoms with Crippen LogP contribution in [0.4, 0.5) is 5.69 Å². The highest BCUT2D eigenvalue weighted by molar-refractivity contribution is 6.30. The standard InChI is InChI=1S/C14H17ClN2/c15-12-7-4-8-13(9-12)17-14(10-16)11-5-2-1-3-6-11/h4,7-9,11,14,17H,1-3,5-6H2. The molecule has 1 atom stereocenters. The first-order chi connectivity index (χ1) is 8.29. The zero-order chi connectivity index (χ0) is 12.1. The number of nitriles is 1. The quantitative estimate of drug-likeness (QED) is 0.869. The van der Waals surface area contributed by atoms with Gasteiger partial charge in [0.25, 0.3) is 0 Å². The number of hydrogen-bond donors (Lipinski definition) is 1. The minimum Gasteiger partial charge on any atom is -0.370 e. The van der Waals surface area contributed by atoms with E-state index in [4.69, 9.17) is 11.6 Å². The van der Waals surface area contributed by atoms with Crippen molar-refractivity contribution in [2.24, 2.45) is 5.92 Å². The van der Waals surface area contributed by atoms with Crippen molar-refractivity contribution in [2.75, 3.05) is 5.32 Å². The molecule has 0 spiro atoms. The summed E-state index contributed by atoms with van der Waals surface area (Å²) >= 11 is 5.93. The molecule has 1 unspecified atom stereocenters. The van der Waals surface area contributed by atoms with Crippen molar-refractivity contribution in [3.63, 3.8) is 0 Å². The van der Waals surface area contributed by atoms with Crippen molar-refractivity contribution in [1.82, 2.24) is 0 Å². The lowest BCUT2D eigenvalue weighted by molar-refractivity contribution is 0.346. The summed E-state index contributed by atoms with van der Waals surface area (Å²) in [4.78, 5) is 0. The largest absolute Gasteiger partial charge is 0.370 e. The van der Waals surface area contributed by atoms with E-state index in [-0.39, 0.29) is 6.04 Å². The molecule has 1 N–H and O–H groups in total. The summed E-state index contributed by atoms with van der Waals surface area (Å²) in [6.45, 7) is 0. The Bertz CT molecular complexity index is 405. The molecule has 1 fully saturated rings. The highest BCUT2D eigenvalue weighted by atomic mass is 35.5. The Labute approximate surface area is 108 Å². The maximum atomic E-state index is 9.26. The molecule has 90 valence electrons. The van der Waals surface area contributed by atoms with Gasteiger partial charge < -0.3 is 5.32 Å². The van der Waals surface area contributed by atoms with E-state index in [9.17, 15) is 5.26 Å². The van der Waals surface area contributed by atoms with Gasteiger partial charge in [0.2, 0.25) is 0 Å². The second-order valence-corrected chi connectivity index (χ2v) is 5.10. The minimum absolute atomic E-state index is 0.0891. The van der Waals surface area contributed by atoms with Gasteiger partial charge >= 0.3 is 0 Å². The van der Waals surface area contributed by atoms with Crippen LogP contribution in [0, 0.1) is 17.2 Å². The number of nitrogens with one attached hydrogen (secondary N) is 1. The van der Waals surface area contributed by atoms with Gasteiger partial charge in [-0.3, -0.25) is 0 Å². The molecule has 1 aromatic carbocycles. The molecule has 1 aliphatic rings. The molecule has 2 nitrogen and oxygen atoms in total. The predicted molar refractivity (Wildman–Crippen MR) is 71.1 cm³/mol. The Hall–Kier alpha value is -1.20. The molecule has 0 bridgehead atoms. The lowest BCUT2D eigenvalue weighted by Crippen LogP contribution is -2.29. The maximum absolute atomic E-state index is 9.26. The van der Waals surface area contributed by atoms with Crippen LogP contribution in [-0.2, 0) is 0 Å². The van der Waals surface area contributed by atoms with Crippen LogP contribution in [0.25, 0.3) is 0 Å². The SMILES string of the molecule is N#CC(Nc1cccc(Cl)c1)C1CCCCC1. The second kappa shape index (κ2) is 5.93. The highest BCUT2D eigenvalue weighted by Crippen LogP contribution is 2.28. The van der Waals surface area contributed by atoms with E-state index in [1.165, 1.54) is 19.3 Å². The first kappa shape index (κ1) is 12.3. The van der Waals surface area contributed by atoms with Crippen LogP contribution in [0.2, 0.25) is 5.02 Å². The predicted octanol–water partition coefficient (Wildman–Crippen LogP) is 4.22. The molecule has 0 aromatic heterocycles. The van der Waals surface area contributed by atoms with Gasteiger partial charge in [-0.15, -0.1) is 0 Å². The van der Waals surface area contributed by atoms with Crippen molar-refractivity contribution in [2.45, 2.75) is 38.1 Å². The summed E-state index contributed by atoms with van der Waals surface area (Å²) in [6, 6.07) is 9.87. The van der Waals surface area contributed by atoms with Crippen molar-refractivity contribution >= 4 is 17.3 Å². The van der Waals surface area contributed by atoms with E-state index >= 15 is 0 Å². The van der Waals surface area contributed by atoms with Gasteiger partial charge in [-0.2, -0.15) is 5.26 Å². The number of rotatable bonds is 3.